The van der Waals surface area contributed by atoms with Crippen molar-refractivity contribution in [3.63, 3.8) is 0 Å². The Bertz CT molecular complexity index is 284. The molecule has 0 bridgehead atoms. The normalized spacial score (nSPS) is 45.4. The lowest BCUT2D eigenvalue weighted by Gasteiger charge is -2.19. The van der Waals surface area contributed by atoms with Crippen molar-refractivity contribution in [1.82, 2.24) is 0 Å². The van der Waals surface area contributed by atoms with Crippen LogP contribution in [0.1, 0.15) is 19.8 Å². The number of carbonyl (C=O) groups is 1. The second-order valence-corrected chi connectivity index (χ2v) is 4.20. The van der Waals surface area contributed by atoms with E-state index in [1.54, 1.807) is 7.11 Å². The molecule has 0 heterocycles. The van der Waals surface area contributed by atoms with Crippen molar-refractivity contribution in [2.75, 3.05) is 7.11 Å². The third kappa shape index (κ3) is 0.934. The molecule has 0 aromatic heterocycles. The van der Waals surface area contributed by atoms with Gasteiger partial charge in [-0.05, 0) is 31.6 Å². The molecule has 4 unspecified atom stereocenters. The first-order chi connectivity index (χ1) is 6.69. The quantitative estimate of drug-likeness (QED) is 0.699. The van der Waals surface area contributed by atoms with Gasteiger partial charge in [-0.1, -0.05) is 12.2 Å². The summed E-state index contributed by atoms with van der Waals surface area (Å²) in [5.41, 5.74) is -0.596. The fraction of sp³-hybridized carbons (Fsp3) is 0.727. The lowest BCUT2D eigenvalue weighted by Crippen LogP contribution is -2.31. The molecule has 14 heavy (non-hydrogen) atoms. The van der Waals surface area contributed by atoms with Gasteiger partial charge in [0.05, 0.1) is 6.10 Å². The van der Waals surface area contributed by atoms with Gasteiger partial charge in [-0.25, -0.2) is 0 Å². The van der Waals surface area contributed by atoms with Crippen LogP contribution in [0.15, 0.2) is 12.2 Å². The number of allylic oxidation sites excluding steroid dienone is 2. The second kappa shape index (κ2) is 3.09. The first-order valence-electron chi connectivity index (χ1n) is 5.08. The number of fused-ring (bicyclic) bond motifs is 1. The van der Waals surface area contributed by atoms with Crippen molar-refractivity contribution < 1.29 is 14.6 Å². The monoisotopic (exact) mass is 196 g/mol. The summed E-state index contributed by atoms with van der Waals surface area (Å²) in [7, 11) is 1.61. The van der Waals surface area contributed by atoms with Crippen LogP contribution in [-0.4, -0.2) is 24.3 Å². The minimum atomic E-state index is -0.685. The Kier molecular flexibility index (Phi) is 2.14. The summed E-state index contributed by atoms with van der Waals surface area (Å²) < 4.78 is 5.29. The molecule has 0 spiro atoms. The highest BCUT2D eigenvalue weighted by Crippen LogP contribution is 2.69. The molecule has 2 rings (SSSR count). The van der Waals surface area contributed by atoms with Crippen molar-refractivity contribution in [2.45, 2.75) is 25.9 Å². The summed E-state index contributed by atoms with van der Waals surface area (Å²) in [6, 6.07) is 0. The van der Waals surface area contributed by atoms with Crippen molar-refractivity contribution in [2.24, 2.45) is 17.3 Å². The molecule has 0 aliphatic heterocycles. The van der Waals surface area contributed by atoms with Crippen molar-refractivity contribution in [3.8, 4) is 0 Å². The van der Waals surface area contributed by atoms with Crippen LogP contribution in [0.5, 0.6) is 0 Å². The van der Waals surface area contributed by atoms with Gasteiger partial charge < -0.3 is 9.84 Å². The average molecular weight is 196 g/mol. The summed E-state index contributed by atoms with van der Waals surface area (Å²) >= 11 is 0. The van der Waals surface area contributed by atoms with Crippen LogP contribution in [0.4, 0.5) is 0 Å². The van der Waals surface area contributed by atoms with E-state index in [1.165, 1.54) is 0 Å². The van der Waals surface area contributed by atoms with E-state index in [0.717, 1.165) is 12.8 Å². The van der Waals surface area contributed by atoms with E-state index in [9.17, 15) is 9.90 Å². The third-order valence-electron chi connectivity index (χ3n) is 3.82. The summed E-state index contributed by atoms with van der Waals surface area (Å²) in [6.07, 6.45) is 5.75. The molecular weight excluding hydrogens is 180 g/mol. The molecule has 3 nitrogen and oxygen atoms in total. The van der Waals surface area contributed by atoms with Gasteiger partial charge >= 0.3 is 5.97 Å². The van der Waals surface area contributed by atoms with Crippen molar-refractivity contribution >= 4 is 5.97 Å². The van der Waals surface area contributed by atoms with Gasteiger partial charge in [-0.3, -0.25) is 4.79 Å². The molecule has 0 aromatic carbocycles. The van der Waals surface area contributed by atoms with Crippen LogP contribution in [0.2, 0.25) is 0 Å². The highest BCUT2D eigenvalue weighted by atomic mass is 16.5. The highest BCUT2D eigenvalue weighted by molar-refractivity contribution is 5.82. The Morgan fingerprint density at radius 3 is 2.79 bits per heavy atom. The predicted molar refractivity (Wildman–Crippen MR) is 51.9 cm³/mol. The molecule has 1 N–H and O–H groups in total. The van der Waals surface area contributed by atoms with Gasteiger partial charge in [-0.2, -0.15) is 0 Å². The van der Waals surface area contributed by atoms with E-state index in [2.05, 4.69) is 0 Å². The summed E-state index contributed by atoms with van der Waals surface area (Å²) in [4.78, 5) is 11.3. The first kappa shape index (κ1) is 9.71. The number of hydrogen-bond acceptors (Lipinski definition) is 2. The average Bonchev–Trinajstić information content (AvgIpc) is 2.65. The van der Waals surface area contributed by atoms with E-state index < -0.39 is 11.4 Å². The lowest BCUT2D eigenvalue weighted by molar-refractivity contribution is -0.149. The molecule has 3 heteroatoms. The maximum Gasteiger partial charge on any atom is 0.313 e. The molecule has 0 amide bonds. The third-order valence-corrected chi connectivity index (χ3v) is 3.82. The minimum absolute atomic E-state index is 0.0915. The summed E-state index contributed by atoms with van der Waals surface area (Å²) in [5.74, 6) is -0.181. The number of carboxylic acids is 1. The standard InChI is InChI=1S/C11H16O3/c1-3-4-7-8-5-6-9(14-2)11(7,8)10(12)13/h3-4,7-9H,5-6H2,1-2H3,(H,12,13)/b4-3+. The fourth-order valence-corrected chi connectivity index (χ4v) is 3.21. The second-order valence-electron chi connectivity index (χ2n) is 4.20. The Hall–Kier alpha value is -0.830. The predicted octanol–water partition coefficient (Wildman–Crippen LogP) is 1.69. The molecule has 2 aliphatic rings. The zero-order valence-electron chi connectivity index (χ0n) is 8.56. The van der Waals surface area contributed by atoms with E-state index in [-0.39, 0.29) is 12.0 Å². The summed E-state index contributed by atoms with van der Waals surface area (Å²) in [6.45, 7) is 1.94. The number of carboxylic acid groups (broad SMARTS) is 1. The van der Waals surface area contributed by atoms with Crippen LogP contribution in [0, 0.1) is 17.3 Å². The number of methoxy groups -OCH3 is 1. The highest BCUT2D eigenvalue weighted by Gasteiger charge is 2.75. The molecule has 78 valence electrons. The van der Waals surface area contributed by atoms with Gasteiger partial charge in [0, 0.05) is 7.11 Å². The molecular formula is C11H16O3. The van der Waals surface area contributed by atoms with E-state index in [0.29, 0.717) is 5.92 Å². The smallest absolute Gasteiger partial charge is 0.313 e. The Morgan fingerprint density at radius 2 is 2.29 bits per heavy atom. The van der Waals surface area contributed by atoms with E-state index in [4.69, 9.17) is 4.74 Å². The number of aliphatic carboxylic acids is 1. The van der Waals surface area contributed by atoms with Crippen molar-refractivity contribution in [3.05, 3.63) is 12.2 Å². The van der Waals surface area contributed by atoms with Crippen LogP contribution in [0.25, 0.3) is 0 Å². The van der Waals surface area contributed by atoms with Gasteiger partial charge in [-0.15, -0.1) is 0 Å². The number of rotatable bonds is 3. The minimum Gasteiger partial charge on any atom is -0.481 e. The molecule has 0 aromatic rings. The molecule has 0 saturated heterocycles. The van der Waals surface area contributed by atoms with Gasteiger partial charge in [0.15, 0.2) is 0 Å². The zero-order chi connectivity index (χ0) is 10.3. The van der Waals surface area contributed by atoms with E-state index in [1.807, 2.05) is 19.1 Å². The van der Waals surface area contributed by atoms with Crippen LogP contribution < -0.4 is 0 Å². The SMILES string of the molecule is C/C=C/C1C2CCC(OC)C12C(=O)O. The van der Waals surface area contributed by atoms with Crippen LogP contribution in [0.3, 0.4) is 0 Å². The number of ether oxygens (including phenoxy) is 1. The molecule has 2 fully saturated rings. The van der Waals surface area contributed by atoms with Crippen molar-refractivity contribution in [1.29, 1.82) is 0 Å². The molecule has 4 atom stereocenters. The largest absolute Gasteiger partial charge is 0.481 e. The topological polar surface area (TPSA) is 46.5 Å². The Morgan fingerprint density at radius 1 is 1.57 bits per heavy atom. The van der Waals surface area contributed by atoms with Gasteiger partial charge in [0.2, 0.25) is 0 Å². The van der Waals surface area contributed by atoms with Crippen LogP contribution >= 0.6 is 0 Å². The first-order valence-corrected chi connectivity index (χ1v) is 5.08. The lowest BCUT2D eigenvalue weighted by atomic mass is 9.96. The van der Waals surface area contributed by atoms with Crippen LogP contribution in [-0.2, 0) is 9.53 Å². The maximum atomic E-state index is 11.3. The number of hydrogen-bond donors (Lipinski definition) is 1. The Balaban J connectivity index is 2.26. The maximum absolute atomic E-state index is 11.3. The molecule has 2 aliphatic carbocycles. The zero-order valence-corrected chi connectivity index (χ0v) is 8.56. The van der Waals surface area contributed by atoms with Gasteiger partial charge in [0.1, 0.15) is 5.41 Å². The molecule has 0 radical (unpaired) electrons. The fourth-order valence-electron chi connectivity index (χ4n) is 3.21. The van der Waals surface area contributed by atoms with Gasteiger partial charge in [0.25, 0.3) is 0 Å². The Labute approximate surface area is 83.8 Å². The summed E-state index contributed by atoms with van der Waals surface area (Å²) in [5, 5.41) is 9.30. The van der Waals surface area contributed by atoms with E-state index >= 15 is 0 Å². The molecule has 2 saturated carbocycles.